The van der Waals surface area contributed by atoms with Gasteiger partial charge in [0.2, 0.25) is 17.7 Å². The molecule has 0 fully saturated rings. The summed E-state index contributed by atoms with van der Waals surface area (Å²) >= 11 is 0. The van der Waals surface area contributed by atoms with Crippen LogP contribution in [0.15, 0.2) is 34.7 Å². The molecule has 0 spiro atoms. The molecule has 0 aliphatic rings. The lowest BCUT2D eigenvalue weighted by molar-refractivity contribution is -0.118. The van der Waals surface area contributed by atoms with Crippen LogP contribution in [-0.4, -0.2) is 28.7 Å². The van der Waals surface area contributed by atoms with Gasteiger partial charge in [-0.15, -0.1) is 10.2 Å². The molecule has 0 saturated heterocycles. The van der Waals surface area contributed by atoms with Crippen LogP contribution in [-0.2, 0) is 17.6 Å². The van der Waals surface area contributed by atoms with Crippen LogP contribution in [0.4, 0.5) is 4.79 Å². The maximum atomic E-state index is 12.1. The molecular formula is C20H29N5O3. The Morgan fingerprint density at radius 3 is 2.61 bits per heavy atom. The van der Waals surface area contributed by atoms with Crippen molar-refractivity contribution in [2.45, 2.75) is 57.9 Å². The van der Waals surface area contributed by atoms with E-state index in [0.717, 1.165) is 37.7 Å². The number of carbonyl (C=O) groups excluding carboxylic acids is 2. The summed E-state index contributed by atoms with van der Waals surface area (Å²) in [6.07, 6.45) is 5.47. The van der Waals surface area contributed by atoms with Gasteiger partial charge in [-0.2, -0.15) is 0 Å². The predicted molar refractivity (Wildman–Crippen MR) is 105 cm³/mol. The van der Waals surface area contributed by atoms with Crippen LogP contribution in [0.25, 0.3) is 0 Å². The van der Waals surface area contributed by atoms with Crippen LogP contribution in [0.1, 0.15) is 62.4 Å². The number of primary amides is 1. The van der Waals surface area contributed by atoms with Gasteiger partial charge in [0.15, 0.2) is 0 Å². The number of rotatable bonds is 12. The number of aryl methyl sites for hydroxylation is 2. The molecule has 8 heteroatoms. The largest absolute Gasteiger partial charge is 0.423 e. The van der Waals surface area contributed by atoms with Crippen LogP contribution in [0.5, 0.6) is 0 Å². The van der Waals surface area contributed by atoms with Gasteiger partial charge in [0.25, 0.3) is 0 Å². The normalized spacial score (nSPS) is 11.8. The fourth-order valence-corrected chi connectivity index (χ4v) is 2.77. The minimum absolute atomic E-state index is 0.108. The maximum Gasteiger partial charge on any atom is 0.315 e. The monoisotopic (exact) mass is 387 g/mol. The molecule has 4 N–H and O–H groups in total. The van der Waals surface area contributed by atoms with E-state index in [4.69, 9.17) is 10.2 Å². The first-order valence-electron chi connectivity index (χ1n) is 9.77. The van der Waals surface area contributed by atoms with E-state index in [2.05, 4.69) is 27.8 Å². The molecule has 0 bridgehead atoms. The number of unbranched alkanes of at least 4 members (excludes halogenated alkanes) is 3. The van der Waals surface area contributed by atoms with E-state index >= 15 is 0 Å². The number of nitrogens with two attached hydrogens (primary N) is 1. The summed E-state index contributed by atoms with van der Waals surface area (Å²) < 4.78 is 5.65. The van der Waals surface area contributed by atoms with Crippen LogP contribution >= 0.6 is 0 Å². The van der Waals surface area contributed by atoms with Gasteiger partial charge >= 0.3 is 6.03 Å². The summed E-state index contributed by atoms with van der Waals surface area (Å²) in [5.41, 5.74) is 6.47. The lowest BCUT2D eigenvalue weighted by atomic mass is 10.1. The Morgan fingerprint density at radius 1 is 1.11 bits per heavy atom. The molecule has 0 aliphatic carbocycles. The van der Waals surface area contributed by atoms with E-state index in [9.17, 15) is 9.59 Å². The van der Waals surface area contributed by atoms with Crippen molar-refractivity contribution in [1.29, 1.82) is 0 Å². The SMILES string of the molecule is CCCCCCNC(=O)N[C@H](CC(N)=O)c1nnc(CCc2ccccc2)o1. The molecule has 2 rings (SSSR count). The van der Waals surface area contributed by atoms with Crippen molar-refractivity contribution in [3.63, 3.8) is 0 Å². The number of hydrogen-bond acceptors (Lipinski definition) is 5. The second kappa shape index (κ2) is 11.7. The number of nitrogens with zero attached hydrogens (tertiary/aromatic N) is 2. The zero-order valence-electron chi connectivity index (χ0n) is 16.3. The molecule has 28 heavy (non-hydrogen) atoms. The number of nitrogens with one attached hydrogen (secondary N) is 2. The average Bonchev–Trinajstić information content (AvgIpc) is 3.15. The number of amides is 3. The van der Waals surface area contributed by atoms with Crippen molar-refractivity contribution in [2.75, 3.05) is 6.54 Å². The first kappa shape index (κ1) is 21.4. The summed E-state index contributed by atoms with van der Waals surface area (Å²) in [5, 5.41) is 13.5. The van der Waals surface area contributed by atoms with E-state index in [-0.39, 0.29) is 18.3 Å². The van der Waals surface area contributed by atoms with Gasteiger partial charge in [-0.05, 0) is 18.4 Å². The van der Waals surface area contributed by atoms with Gasteiger partial charge in [-0.25, -0.2) is 4.79 Å². The third-order valence-electron chi connectivity index (χ3n) is 4.28. The molecule has 1 aromatic carbocycles. The Labute approximate surface area is 165 Å². The van der Waals surface area contributed by atoms with Crippen molar-refractivity contribution in [1.82, 2.24) is 20.8 Å². The topological polar surface area (TPSA) is 123 Å². The minimum atomic E-state index is -0.744. The van der Waals surface area contributed by atoms with Crippen molar-refractivity contribution in [2.24, 2.45) is 5.73 Å². The van der Waals surface area contributed by atoms with Crippen LogP contribution in [0.3, 0.4) is 0 Å². The predicted octanol–water partition coefficient (Wildman–Crippen LogP) is 2.65. The zero-order valence-corrected chi connectivity index (χ0v) is 16.3. The number of benzene rings is 1. The lowest BCUT2D eigenvalue weighted by Gasteiger charge is -2.14. The average molecular weight is 387 g/mol. The quantitative estimate of drug-likeness (QED) is 0.483. The summed E-state index contributed by atoms with van der Waals surface area (Å²) in [7, 11) is 0. The smallest absolute Gasteiger partial charge is 0.315 e. The molecule has 0 unspecified atom stereocenters. The van der Waals surface area contributed by atoms with E-state index in [1.807, 2.05) is 30.3 Å². The molecule has 152 valence electrons. The van der Waals surface area contributed by atoms with Gasteiger partial charge in [0.05, 0.1) is 6.42 Å². The van der Waals surface area contributed by atoms with E-state index in [0.29, 0.717) is 18.9 Å². The van der Waals surface area contributed by atoms with Crippen molar-refractivity contribution >= 4 is 11.9 Å². The van der Waals surface area contributed by atoms with Gasteiger partial charge < -0.3 is 20.8 Å². The van der Waals surface area contributed by atoms with Gasteiger partial charge in [0, 0.05) is 13.0 Å². The molecule has 0 aliphatic heterocycles. The van der Waals surface area contributed by atoms with E-state index in [1.54, 1.807) is 0 Å². The second-order valence-corrected chi connectivity index (χ2v) is 6.70. The highest BCUT2D eigenvalue weighted by atomic mass is 16.4. The summed E-state index contributed by atoms with van der Waals surface area (Å²) in [6, 6.07) is 8.84. The van der Waals surface area contributed by atoms with E-state index in [1.165, 1.54) is 0 Å². The van der Waals surface area contributed by atoms with Gasteiger partial charge in [-0.3, -0.25) is 4.79 Å². The highest BCUT2D eigenvalue weighted by molar-refractivity contribution is 5.77. The summed E-state index contributed by atoms with van der Waals surface area (Å²) in [5.74, 6) is 0.0790. The molecule has 0 saturated carbocycles. The van der Waals surface area contributed by atoms with Crippen molar-refractivity contribution in [3.05, 3.63) is 47.7 Å². The number of hydrogen-bond donors (Lipinski definition) is 3. The number of carbonyl (C=O) groups is 2. The molecule has 1 heterocycles. The first-order chi connectivity index (χ1) is 13.6. The van der Waals surface area contributed by atoms with Crippen molar-refractivity contribution in [3.8, 4) is 0 Å². The zero-order chi connectivity index (χ0) is 20.2. The number of aromatic nitrogens is 2. The first-order valence-corrected chi connectivity index (χ1v) is 9.77. The third kappa shape index (κ3) is 7.77. The Morgan fingerprint density at radius 2 is 1.89 bits per heavy atom. The Kier molecular flexibility index (Phi) is 8.97. The molecule has 2 aromatic rings. The van der Waals surface area contributed by atoms with Crippen LogP contribution in [0, 0.1) is 0 Å². The highest BCUT2D eigenvalue weighted by Gasteiger charge is 2.23. The fourth-order valence-electron chi connectivity index (χ4n) is 2.77. The molecule has 0 radical (unpaired) electrons. The maximum absolute atomic E-state index is 12.1. The lowest BCUT2D eigenvalue weighted by Crippen LogP contribution is -2.39. The molecule has 1 atom stereocenters. The third-order valence-corrected chi connectivity index (χ3v) is 4.28. The Hall–Kier alpha value is -2.90. The summed E-state index contributed by atoms with van der Waals surface area (Å²) in [6.45, 7) is 2.70. The highest BCUT2D eigenvalue weighted by Crippen LogP contribution is 2.16. The molecule has 3 amide bonds. The minimum Gasteiger partial charge on any atom is -0.423 e. The van der Waals surface area contributed by atoms with Crippen molar-refractivity contribution < 1.29 is 14.0 Å². The van der Waals surface area contributed by atoms with Crippen LogP contribution in [0.2, 0.25) is 0 Å². The van der Waals surface area contributed by atoms with Gasteiger partial charge in [0.1, 0.15) is 6.04 Å². The number of urea groups is 1. The Bertz CT molecular complexity index is 732. The Balaban J connectivity index is 1.88. The van der Waals surface area contributed by atoms with E-state index < -0.39 is 11.9 Å². The van der Waals surface area contributed by atoms with Gasteiger partial charge in [-0.1, -0.05) is 56.5 Å². The standard InChI is InChI=1S/C20H29N5O3/c1-2-3-4-8-13-22-20(27)23-16(14-17(21)26)19-25-24-18(28-19)12-11-15-9-6-5-7-10-15/h5-7,9-10,16H,2-4,8,11-14H2,1H3,(H2,21,26)(H2,22,23,27)/t16-/m1/s1. The molecule has 1 aromatic heterocycles. The molecule has 8 nitrogen and oxygen atoms in total. The molecular weight excluding hydrogens is 358 g/mol. The fraction of sp³-hybridized carbons (Fsp3) is 0.500. The van der Waals surface area contributed by atoms with Crippen LogP contribution < -0.4 is 16.4 Å². The summed E-state index contributed by atoms with van der Waals surface area (Å²) in [4.78, 5) is 23.5. The second-order valence-electron chi connectivity index (χ2n) is 6.70.